The molecule has 1 aliphatic carbocycles. The number of benzene rings is 1. The fourth-order valence-corrected chi connectivity index (χ4v) is 4.64. The van der Waals surface area contributed by atoms with Crippen LogP contribution in [0.5, 0.6) is 0 Å². The second-order valence-electron chi connectivity index (χ2n) is 9.56. The lowest BCUT2D eigenvalue weighted by atomic mass is 9.91. The molecule has 0 spiro atoms. The number of halogens is 1. The Morgan fingerprint density at radius 2 is 1.73 bits per heavy atom. The van der Waals surface area contributed by atoms with Crippen molar-refractivity contribution in [2.24, 2.45) is 11.8 Å². The summed E-state index contributed by atoms with van der Waals surface area (Å²) in [4.78, 5) is 30.3. The zero-order valence-electron chi connectivity index (χ0n) is 18.3. The minimum absolute atomic E-state index is 0. The van der Waals surface area contributed by atoms with Crippen molar-refractivity contribution in [3.05, 3.63) is 35.4 Å². The molecule has 2 fully saturated rings. The van der Waals surface area contributed by atoms with Gasteiger partial charge in [-0.1, -0.05) is 38.1 Å². The molecule has 1 aromatic carbocycles. The van der Waals surface area contributed by atoms with E-state index < -0.39 is 0 Å². The van der Waals surface area contributed by atoms with Crippen LogP contribution in [0.15, 0.2) is 24.3 Å². The Balaban J connectivity index is 0.00000256. The van der Waals surface area contributed by atoms with Crippen molar-refractivity contribution in [1.29, 1.82) is 0 Å². The molecule has 0 radical (unpaired) electrons. The number of carbonyl (C=O) groups excluding carboxylic acids is 2. The highest BCUT2D eigenvalue weighted by Crippen LogP contribution is 2.29. The van der Waals surface area contributed by atoms with Gasteiger partial charge in [0.2, 0.25) is 11.8 Å². The minimum atomic E-state index is -0.355. The van der Waals surface area contributed by atoms with Crippen LogP contribution >= 0.6 is 12.4 Å². The third-order valence-corrected chi connectivity index (χ3v) is 6.64. The van der Waals surface area contributed by atoms with E-state index in [1.165, 1.54) is 24.0 Å². The van der Waals surface area contributed by atoms with Gasteiger partial charge in [-0.05, 0) is 55.2 Å². The average molecular weight is 434 g/mol. The third kappa shape index (κ3) is 5.55. The molecule has 30 heavy (non-hydrogen) atoms. The molecule has 0 aromatic heterocycles. The van der Waals surface area contributed by atoms with Gasteiger partial charge in [0.15, 0.2) is 0 Å². The number of nitrogens with zero attached hydrogens (tertiary/aromatic N) is 2. The number of fused-ring (bicyclic) bond motifs is 1. The van der Waals surface area contributed by atoms with E-state index in [-0.39, 0.29) is 30.3 Å². The minimum Gasteiger partial charge on any atom is -0.341 e. The van der Waals surface area contributed by atoms with Crippen molar-refractivity contribution >= 4 is 24.2 Å². The highest BCUT2D eigenvalue weighted by atomic mass is 35.5. The fraction of sp³-hybridized carbons (Fsp3) is 0.667. The lowest BCUT2D eigenvalue weighted by molar-refractivity contribution is -0.148. The van der Waals surface area contributed by atoms with Gasteiger partial charge in [-0.3, -0.25) is 9.59 Å². The first-order valence-corrected chi connectivity index (χ1v) is 11.4. The number of nitrogens with one attached hydrogen (secondary N) is 1. The summed E-state index contributed by atoms with van der Waals surface area (Å²) in [6.45, 7) is 7.40. The molecule has 1 N–H and O–H groups in total. The number of likely N-dealkylation sites (tertiary alicyclic amines) is 1. The van der Waals surface area contributed by atoms with Crippen molar-refractivity contribution < 1.29 is 9.59 Å². The average Bonchev–Trinajstić information content (AvgIpc) is 3.55. The number of rotatable bonds is 6. The van der Waals surface area contributed by atoms with Crippen LogP contribution in [-0.2, 0) is 22.6 Å². The molecule has 1 saturated carbocycles. The Bertz CT molecular complexity index is 742. The summed E-state index contributed by atoms with van der Waals surface area (Å²) in [5.41, 5.74) is 2.39. The number of hydrogen-bond donors (Lipinski definition) is 1. The Labute approximate surface area is 187 Å². The maximum Gasteiger partial charge on any atom is 0.245 e. The zero-order valence-corrected chi connectivity index (χ0v) is 19.1. The van der Waals surface area contributed by atoms with Gasteiger partial charge in [-0.2, -0.15) is 0 Å². The van der Waals surface area contributed by atoms with Gasteiger partial charge in [0, 0.05) is 38.5 Å². The summed E-state index contributed by atoms with van der Waals surface area (Å²) in [5.74, 6) is 1.42. The predicted molar refractivity (Wildman–Crippen MR) is 122 cm³/mol. The van der Waals surface area contributed by atoms with Crippen LogP contribution < -0.4 is 5.32 Å². The van der Waals surface area contributed by atoms with Crippen molar-refractivity contribution in [2.45, 2.75) is 71.0 Å². The molecule has 1 unspecified atom stereocenters. The van der Waals surface area contributed by atoms with E-state index in [4.69, 9.17) is 0 Å². The summed E-state index contributed by atoms with van der Waals surface area (Å²) in [5, 5.41) is 3.68. The molecule has 6 heteroatoms. The number of carbonyl (C=O) groups is 2. The van der Waals surface area contributed by atoms with Crippen LogP contribution in [0.4, 0.5) is 0 Å². The van der Waals surface area contributed by atoms with Gasteiger partial charge in [0.05, 0.1) is 0 Å². The summed E-state index contributed by atoms with van der Waals surface area (Å²) in [6.07, 6.45) is 5.91. The quantitative estimate of drug-likeness (QED) is 0.748. The molecular weight excluding hydrogens is 398 g/mol. The molecule has 1 saturated heterocycles. The van der Waals surface area contributed by atoms with Crippen LogP contribution in [0, 0.1) is 11.8 Å². The Morgan fingerprint density at radius 3 is 2.37 bits per heavy atom. The Hall–Kier alpha value is -1.59. The summed E-state index contributed by atoms with van der Waals surface area (Å²) in [6, 6.07) is 8.42. The number of piperidine rings is 1. The molecule has 4 rings (SSSR count). The molecule has 2 heterocycles. The van der Waals surface area contributed by atoms with E-state index >= 15 is 0 Å². The molecule has 3 aliphatic rings. The standard InChI is InChI=1S/C24H35N3O2.ClH/c1-17(2)13-23(28)27-16-20-6-4-3-5-19(20)14-22(27)24(29)26-11-9-21(10-12-26)25-15-18-7-8-18;/h3-6,17-18,21-22,25H,7-16H2,1-2H3;1H. The van der Waals surface area contributed by atoms with E-state index in [1.54, 1.807) is 0 Å². The normalized spacial score (nSPS) is 21.9. The molecular formula is C24H36ClN3O2. The number of hydrogen-bond acceptors (Lipinski definition) is 3. The van der Waals surface area contributed by atoms with Crippen LogP contribution in [0.25, 0.3) is 0 Å². The van der Waals surface area contributed by atoms with E-state index in [0.717, 1.165) is 38.4 Å². The maximum absolute atomic E-state index is 13.5. The SMILES string of the molecule is CC(C)CC(=O)N1Cc2ccccc2CC1C(=O)N1CCC(NCC2CC2)CC1.Cl. The zero-order chi connectivity index (χ0) is 20.4. The van der Waals surface area contributed by atoms with Gasteiger partial charge in [0.1, 0.15) is 6.04 Å². The molecule has 1 atom stereocenters. The van der Waals surface area contributed by atoms with E-state index in [9.17, 15) is 9.59 Å². The van der Waals surface area contributed by atoms with Gasteiger partial charge in [-0.15, -0.1) is 12.4 Å². The first-order chi connectivity index (χ1) is 14.0. The summed E-state index contributed by atoms with van der Waals surface area (Å²) in [7, 11) is 0. The highest BCUT2D eigenvalue weighted by Gasteiger charge is 2.37. The Morgan fingerprint density at radius 1 is 1.07 bits per heavy atom. The maximum atomic E-state index is 13.5. The lowest BCUT2D eigenvalue weighted by Crippen LogP contribution is -2.56. The van der Waals surface area contributed by atoms with Crippen LogP contribution in [-0.4, -0.2) is 53.3 Å². The topological polar surface area (TPSA) is 52.7 Å². The molecule has 2 amide bonds. The highest BCUT2D eigenvalue weighted by molar-refractivity contribution is 5.88. The predicted octanol–water partition coefficient (Wildman–Crippen LogP) is 3.40. The van der Waals surface area contributed by atoms with E-state index in [2.05, 4.69) is 31.3 Å². The van der Waals surface area contributed by atoms with Crippen LogP contribution in [0.1, 0.15) is 57.1 Å². The van der Waals surface area contributed by atoms with Gasteiger partial charge >= 0.3 is 0 Å². The van der Waals surface area contributed by atoms with E-state index in [0.29, 0.717) is 31.3 Å². The van der Waals surface area contributed by atoms with Crippen molar-refractivity contribution in [3.63, 3.8) is 0 Å². The lowest BCUT2D eigenvalue weighted by Gasteiger charge is -2.41. The summed E-state index contributed by atoms with van der Waals surface area (Å²) >= 11 is 0. The second-order valence-corrected chi connectivity index (χ2v) is 9.56. The second kappa shape index (κ2) is 10.1. The number of amides is 2. The van der Waals surface area contributed by atoms with Gasteiger partial charge in [0.25, 0.3) is 0 Å². The third-order valence-electron chi connectivity index (χ3n) is 6.64. The fourth-order valence-electron chi connectivity index (χ4n) is 4.64. The van der Waals surface area contributed by atoms with Crippen molar-refractivity contribution in [3.8, 4) is 0 Å². The smallest absolute Gasteiger partial charge is 0.245 e. The molecule has 2 aliphatic heterocycles. The summed E-state index contributed by atoms with van der Waals surface area (Å²) < 4.78 is 0. The van der Waals surface area contributed by atoms with Crippen molar-refractivity contribution in [1.82, 2.24) is 15.1 Å². The van der Waals surface area contributed by atoms with Gasteiger partial charge in [-0.25, -0.2) is 0 Å². The first kappa shape index (κ1) is 23.1. The Kier molecular flexibility index (Phi) is 7.81. The monoisotopic (exact) mass is 433 g/mol. The van der Waals surface area contributed by atoms with Gasteiger partial charge < -0.3 is 15.1 Å². The molecule has 0 bridgehead atoms. The van der Waals surface area contributed by atoms with Crippen LogP contribution in [0.3, 0.4) is 0 Å². The molecule has 1 aromatic rings. The largest absolute Gasteiger partial charge is 0.341 e. The van der Waals surface area contributed by atoms with Crippen LogP contribution in [0.2, 0.25) is 0 Å². The molecule has 5 nitrogen and oxygen atoms in total. The van der Waals surface area contributed by atoms with E-state index in [1.807, 2.05) is 21.9 Å². The first-order valence-electron chi connectivity index (χ1n) is 11.4. The molecule has 166 valence electrons. The van der Waals surface area contributed by atoms with Crippen molar-refractivity contribution in [2.75, 3.05) is 19.6 Å².